The van der Waals surface area contributed by atoms with E-state index in [-0.39, 0.29) is 0 Å². The van der Waals surface area contributed by atoms with Crippen LogP contribution in [0.4, 0.5) is 11.4 Å². The maximum Gasteiger partial charge on any atom is 0.162 e. The molecule has 0 bridgehead atoms. The van der Waals surface area contributed by atoms with Crippen LogP contribution in [-0.4, -0.2) is 20.1 Å². The molecule has 2 aromatic carbocycles. The van der Waals surface area contributed by atoms with Crippen molar-refractivity contribution in [1.29, 1.82) is 0 Å². The molecular formula is C21H25N3O2. The van der Waals surface area contributed by atoms with Gasteiger partial charge in [0.1, 0.15) is 0 Å². The Bertz CT molecular complexity index is 794. The molecule has 3 N–H and O–H groups in total. The largest absolute Gasteiger partial charge is 0.493 e. The van der Waals surface area contributed by atoms with Gasteiger partial charge in [0.2, 0.25) is 0 Å². The van der Waals surface area contributed by atoms with Crippen molar-refractivity contribution in [3.05, 3.63) is 47.5 Å². The van der Waals surface area contributed by atoms with E-state index in [9.17, 15) is 0 Å². The van der Waals surface area contributed by atoms with Gasteiger partial charge in [0, 0.05) is 29.4 Å². The zero-order chi connectivity index (χ0) is 18.8. The van der Waals surface area contributed by atoms with Gasteiger partial charge in [0.15, 0.2) is 11.5 Å². The van der Waals surface area contributed by atoms with E-state index >= 15 is 0 Å². The Labute approximate surface area is 155 Å². The van der Waals surface area contributed by atoms with Crippen molar-refractivity contribution in [3.8, 4) is 23.8 Å². The summed E-state index contributed by atoms with van der Waals surface area (Å²) in [6.07, 6.45) is 8.78. The van der Waals surface area contributed by atoms with Crippen LogP contribution in [0, 0.1) is 12.3 Å². The second-order valence-corrected chi connectivity index (χ2v) is 5.69. The number of terminal acetylenes is 1. The number of methoxy groups -OCH3 is 1. The molecule has 0 aliphatic heterocycles. The summed E-state index contributed by atoms with van der Waals surface area (Å²) < 4.78 is 11.3. The first-order chi connectivity index (χ1) is 12.7. The summed E-state index contributed by atoms with van der Waals surface area (Å²) >= 11 is 0. The SMILES string of the molecule is C#Cc1cccc(NCc2cc(OCCCC)c(OC)cc2N=CN)c1. The van der Waals surface area contributed by atoms with Crippen LogP contribution in [-0.2, 0) is 6.54 Å². The van der Waals surface area contributed by atoms with Crippen molar-refractivity contribution >= 4 is 17.7 Å². The lowest BCUT2D eigenvalue weighted by Gasteiger charge is -2.15. The van der Waals surface area contributed by atoms with E-state index in [2.05, 4.69) is 23.2 Å². The molecule has 2 rings (SSSR count). The minimum absolute atomic E-state index is 0.550. The summed E-state index contributed by atoms with van der Waals surface area (Å²) in [5.41, 5.74) is 8.94. The Balaban J connectivity index is 2.25. The fraction of sp³-hybridized carbons (Fsp3) is 0.286. The Morgan fingerprint density at radius 2 is 2.12 bits per heavy atom. The summed E-state index contributed by atoms with van der Waals surface area (Å²) in [5, 5.41) is 3.36. The Morgan fingerprint density at radius 3 is 2.81 bits per heavy atom. The molecule has 5 nitrogen and oxygen atoms in total. The first-order valence-electron chi connectivity index (χ1n) is 8.60. The van der Waals surface area contributed by atoms with Gasteiger partial charge in [-0.05, 0) is 30.7 Å². The van der Waals surface area contributed by atoms with Crippen molar-refractivity contribution in [3.63, 3.8) is 0 Å². The molecule has 0 atom stereocenters. The number of benzene rings is 2. The molecule has 5 heteroatoms. The van der Waals surface area contributed by atoms with Crippen LogP contribution in [0.1, 0.15) is 30.9 Å². The summed E-state index contributed by atoms with van der Waals surface area (Å²) in [6, 6.07) is 11.5. The summed E-state index contributed by atoms with van der Waals surface area (Å²) in [5.74, 6) is 3.97. The highest BCUT2D eigenvalue weighted by Crippen LogP contribution is 2.35. The Hall–Kier alpha value is -3.13. The molecule has 2 aromatic rings. The van der Waals surface area contributed by atoms with Crippen LogP contribution in [0.25, 0.3) is 0 Å². The quantitative estimate of drug-likeness (QED) is 0.309. The van der Waals surface area contributed by atoms with Gasteiger partial charge < -0.3 is 20.5 Å². The first kappa shape index (κ1) is 19.2. The number of aliphatic imine (C=N–C) groups is 1. The standard InChI is InChI=1S/C21H25N3O2/c1-4-6-10-26-21-12-17(19(24-15-22)13-20(21)25-3)14-23-18-9-7-8-16(5-2)11-18/h2,7-9,11-13,15,23H,4,6,10,14H2,1,3H3,(H2,22,24). The maximum atomic E-state index is 5.87. The smallest absolute Gasteiger partial charge is 0.162 e. The van der Waals surface area contributed by atoms with Crippen LogP contribution in [0.5, 0.6) is 11.5 Å². The van der Waals surface area contributed by atoms with E-state index in [0.29, 0.717) is 24.7 Å². The van der Waals surface area contributed by atoms with Gasteiger partial charge in [-0.25, -0.2) is 4.99 Å². The fourth-order valence-corrected chi connectivity index (χ4v) is 2.45. The highest BCUT2D eigenvalue weighted by Gasteiger charge is 2.11. The zero-order valence-electron chi connectivity index (χ0n) is 15.3. The number of unbranched alkanes of at least 4 members (excludes halogenated alkanes) is 1. The minimum Gasteiger partial charge on any atom is -0.493 e. The second kappa shape index (κ2) is 10.00. The summed E-state index contributed by atoms with van der Waals surface area (Å²) in [7, 11) is 1.61. The third-order valence-electron chi connectivity index (χ3n) is 3.85. The van der Waals surface area contributed by atoms with Crippen molar-refractivity contribution in [2.45, 2.75) is 26.3 Å². The van der Waals surface area contributed by atoms with Crippen molar-refractivity contribution < 1.29 is 9.47 Å². The topological polar surface area (TPSA) is 68.9 Å². The number of nitrogens with zero attached hydrogens (tertiary/aromatic N) is 1. The fourth-order valence-electron chi connectivity index (χ4n) is 2.45. The molecule has 0 saturated heterocycles. The van der Waals surface area contributed by atoms with Crippen LogP contribution in [0.2, 0.25) is 0 Å². The van der Waals surface area contributed by atoms with E-state index in [1.54, 1.807) is 7.11 Å². The monoisotopic (exact) mass is 351 g/mol. The number of hydrogen-bond donors (Lipinski definition) is 2. The number of anilines is 1. The number of rotatable bonds is 9. The molecule has 0 aliphatic rings. The van der Waals surface area contributed by atoms with Gasteiger partial charge in [-0.1, -0.05) is 25.3 Å². The summed E-state index contributed by atoms with van der Waals surface area (Å²) in [6.45, 7) is 3.32. The van der Waals surface area contributed by atoms with Gasteiger partial charge in [-0.3, -0.25) is 0 Å². The highest BCUT2D eigenvalue weighted by atomic mass is 16.5. The molecule has 0 radical (unpaired) electrons. The van der Waals surface area contributed by atoms with Crippen LogP contribution in [0.15, 0.2) is 41.4 Å². The van der Waals surface area contributed by atoms with Gasteiger partial charge in [0.05, 0.1) is 25.7 Å². The Morgan fingerprint density at radius 1 is 1.27 bits per heavy atom. The predicted molar refractivity (Wildman–Crippen MR) is 107 cm³/mol. The normalized spacial score (nSPS) is 10.5. The lowest BCUT2D eigenvalue weighted by atomic mass is 10.1. The molecule has 0 heterocycles. The third kappa shape index (κ3) is 5.18. The first-order valence-corrected chi connectivity index (χ1v) is 8.60. The molecule has 0 saturated carbocycles. The molecule has 0 unspecified atom stereocenters. The van der Waals surface area contributed by atoms with Crippen molar-refractivity contribution in [1.82, 2.24) is 0 Å². The average molecular weight is 351 g/mol. The van der Waals surface area contributed by atoms with Crippen LogP contribution in [0.3, 0.4) is 0 Å². The molecule has 136 valence electrons. The number of ether oxygens (including phenoxy) is 2. The minimum atomic E-state index is 0.550. The number of hydrogen-bond acceptors (Lipinski definition) is 4. The van der Waals surface area contributed by atoms with E-state index in [1.165, 1.54) is 6.34 Å². The van der Waals surface area contributed by atoms with E-state index in [4.69, 9.17) is 21.6 Å². The molecule has 26 heavy (non-hydrogen) atoms. The van der Waals surface area contributed by atoms with Crippen LogP contribution >= 0.6 is 0 Å². The van der Waals surface area contributed by atoms with Crippen molar-refractivity contribution in [2.24, 2.45) is 10.7 Å². The molecular weight excluding hydrogens is 326 g/mol. The van der Waals surface area contributed by atoms with E-state index < -0.39 is 0 Å². The average Bonchev–Trinajstić information content (AvgIpc) is 2.68. The molecule has 0 aliphatic carbocycles. The molecule has 0 aromatic heterocycles. The van der Waals surface area contributed by atoms with Gasteiger partial charge in [-0.2, -0.15) is 0 Å². The second-order valence-electron chi connectivity index (χ2n) is 5.69. The summed E-state index contributed by atoms with van der Waals surface area (Å²) in [4.78, 5) is 4.24. The van der Waals surface area contributed by atoms with E-state index in [1.807, 2.05) is 36.4 Å². The lowest BCUT2D eigenvalue weighted by Crippen LogP contribution is -2.04. The predicted octanol–water partition coefficient (Wildman–Crippen LogP) is 4.09. The van der Waals surface area contributed by atoms with Gasteiger partial charge in [0.25, 0.3) is 0 Å². The zero-order valence-corrected chi connectivity index (χ0v) is 15.3. The number of nitrogens with one attached hydrogen (secondary N) is 1. The number of nitrogens with two attached hydrogens (primary N) is 1. The Kier molecular flexibility index (Phi) is 7.38. The van der Waals surface area contributed by atoms with Crippen molar-refractivity contribution in [2.75, 3.05) is 19.0 Å². The lowest BCUT2D eigenvalue weighted by molar-refractivity contribution is 0.288. The molecule has 0 fully saturated rings. The van der Waals surface area contributed by atoms with Crippen LogP contribution < -0.4 is 20.5 Å². The van der Waals surface area contributed by atoms with Gasteiger partial charge in [-0.15, -0.1) is 6.42 Å². The maximum absolute atomic E-state index is 5.87. The highest BCUT2D eigenvalue weighted by molar-refractivity contribution is 5.65. The van der Waals surface area contributed by atoms with E-state index in [0.717, 1.165) is 35.3 Å². The third-order valence-corrected chi connectivity index (χ3v) is 3.85. The molecule has 0 spiro atoms. The van der Waals surface area contributed by atoms with Gasteiger partial charge >= 0.3 is 0 Å². The molecule has 0 amide bonds.